The van der Waals surface area contributed by atoms with E-state index in [1.165, 1.54) is 24.3 Å². The van der Waals surface area contributed by atoms with Gasteiger partial charge in [-0.25, -0.2) is 0 Å². The molecule has 0 fully saturated rings. The van der Waals surface area contributed by atoms with Crippen molar-refractivity contribution < 1.29 is 5.11 Å². The summed E-state index contributed by atoms with van der Waals surface area (Å²) in [6, 6.07) is 7.47. The maximum Gasteiger partial charge on any atom is 0.115 e. The first-order chi connectivity index (χ1) is 6.18. The van der Waals surface area contributed by atoms with Crippen molar-refractivity contribution in [3.8, 4) is 5.75 Å². The zero-order valence-electron chi connectivity index (χ0n) is 8.38. The molecule has 0 aliphatic heterocycles. The topological polar surface area (TPSA) is 20.2 Å². The Kier molecular flexibility index (Phi) is 3.81. The van der Waals surface area contributed by atoms with Gasteiger partial charge in [-0.1, -0.05) is 26.0 Å². The summed E-state index contributed by atoms with van der Waals surface area (Å²) in [6.07, 6.45) is 3.50. The van der Waals surface area contributed by atoms with Crippen molar-refractivity contribution in [2.45, 2.75) is 33.1 Å². The molecule has 71 valence electrons. The number of phenols is 1. The second-order valence-electron chi connectivity index (χ2n) is 3.73. The van der Waals surface area contributed by atoms with Crippen LogP contribution in [0.15, 0.2) is 24.3 Å². The van der Waals surface area contributed by atoms with Crippen LogP contribution in [-0.2, 0) is 6.42 Å². The standard InChI is InChI=1S/C12H17O/c1-10(2)4-3-5-11-6-8-12(13)9-7-11/h6-9,13H,3-5H2,1-2H3. The number of aromatic hydroxyl groups is 1. The van der Waals surface area contributed by atoms with E-state index in [1.807, 2.05) is 12.1 Å². The van der Waals surface area contributed by atoms with E-state index >= 15 is 0 Å². The molecule has 0 amide bonds. The first kappa shape index (κ1) is 10.1. The molecule has 0 spiro atoms. The maximum absolute atomic E-state index is 9.07. The average molecular weight is 177 g/mol. The SMILES string of the molecule is C[C](C)CCCc1ccc(O)cc1. The van der Waals surface area contributed by atoms with Gasteiger partial charge in [-0.05, 0) is 42.9 Å². The van der Waals surface area contributed by atoms with Crippen LogP contribution >= 0.6 is 0 Å². The molecule has 1 aromatic rings. The van der Waals surface area contributed by atoms with Gasteiger partial charge in [-0.2, -0.15) is 0 Å². The van der Waals surface area contributed by atoms with Crippen molar-refractivity contribution in [3.63, 3.8) is 0 Å². The predicted molar refractivity (Wildman–Crippen MR) is 55.6 cm³/mol. The Bertz CT molecular complexity index is 236. The smallest absolute Gasteiger partial charge is 0.115 e. The van der Waals surface area contributed by atoms with E-state index in [0.29, 0.717) is 5.75 Å². The van der Waals surface area contributed by atoms with E-state index in [-0.39, 0.29) is 0 Å². The Morgan fingerprint density at radius 1 is 1.15 bits per heavy atom. The second-order valence-corrected chi connectivity index (χ2v) is 3.73. The summed E-state index contributed by atoms with van der Waals surface area (Å²) in [5, 5.41) is 9.07. The summed E-state index contributed by atoms with van der Waals surface area (Å²) in [7, 11) is 0. The third-order valence-corrected chi connectivity index (χ3v) is 2.08. The number of benzene rings is 1. The Hall–Kier alpha value is -0.980. The van der Waals surface area contributed by atoms with Gasteiger partial charge in [0.25, 0.3) is 0 Å². The van der Waals surface area contributed by atoms with Gasteiger partial charge in [0.1, 0.15) is 5.75 Å². The lowest BCUT2D eigenvalue weighted by Crippen LogP contribution is -1.88. The summed E-state index contributed by atoms with van der Waals surface area (Å²) < 4.78 is 0. The lowest BCUT2D eigenvalue weighted by molar-refractivity contribution is 0.475. The second kappa shape index (κ2) is 4.90. The van der Waals surface area contributed by atoms with Crippen molar-refractivity contribution in [1.29, 1.82) is 0 Å². The molecular weight excluding hydrogens is 160 g/mol. The molecular formula is C12H17O. The van der Waals surface area contributed by atoms with Crippen LogP contribution in [0.4, 0.5) is 0 Å². The van der Waals surface area contributed by atoms with Crippen LogP contribution in [0, 0.1) is 5.92 Å². The van der Waals surface area contributed by atoms with Crippen molar-refractivity contribution in [2.75, 3.05) is 0 Å². The Balaban J connectivity index is 2.33. The van der Waals surface area contributed by atoms with Crippen molar-refractivity contribution in [2.24, 2.45) is 0 Å². The largest absolute Gasteiger partial charge is 0.508 e. The highest BCUT2D eigenvalue weighted by Crippen LogP contribution is 2.14. The molecule has 1 aromatic carbocycles. The highest BCUT2D eigenvalue weighted by atomic mass is 16.3. The van der Waals surface area contributed by atoms with Gasteiger partial charge < -0.3 is 5.11 Å². The monoisotopic (exact) mass is 177 g/mol. The molecule has 0 aliphatic carbocycles. The van der Waals surface area contributed by atoms with E-state index in [1.54, 1.807) is 12.1 Å². The molecule has 1 N–H and O–H groups in total. The summed E-state index contributed by atoms with van der Waals surface area (Å²) in [5.74, 6) is 1.83. The van der Waals surface area contributed by atoms with E-state index in [2.05, 4.69) is 13.8 Å². The first-order valence-corrected chi connectivity index (χ1v) is 4.75. The normalized spacial score (nSPS) is 10.7. The number of aryl methyl sites for hydroxylation is 1. The third-order valence-electron chi connectivity index (χ3n) is 2.08. The molecule has 1 nitrogen and oxygen atoms in total. The Morgan fingerprint density at radius 2 is 1.77 bits per heavy atom. The van der Waals surface area contributed by atoms with Gasteiger partial charge in [0, 0.05) is 0 Å². The fraction of sp³-hybridized carbons (Fsp3) is 0.417. The highest BCUT2D eigenvalue weighted by molar-refractivity contribution is 5.25. The average Bonchev–Trinajstić information content (AvgIpc) is 2.08. The summed E-state index contributed by atoms with van der Waals surface area (Å²) in [4.78, 5) is 0. The summed E-state index contributed by atoms with van der Waals surface area (Å²) in [5.41, 5.74) is 1.30. The van der Waals surface area contributed by atoms with Crippen LogP contribution < -0.4 is 0 Å². The van der Waals surface area contributed by atoms with E-state index < -0.39 is 0 Å². The van der Waals surface area contributed by atoms with E-state index in [4.69, 9.17) is 5.11 Å². The lowest BCUT2D eigenvalue weighted by Gasteiger charge is -2.03. The predicted octanol–water partition coefficient (Wildman–Crippen LogP) is 3.33. The molecule has 1 heteroatoms. The fourth-order valence-corrected chi connectivity index (χ4v) is 1.31. The molecule has 0 heterocycles. The molecule has 0 aliphatic rings. The van der Waals surface area contributed by atoms with Crippen LogP contribution in [0.25, 0.3) is 0 Å². The van der Waals surface area contributed by atoms with Gasteiger partial charge in [0.05, 0.1) is 0 Å². The number of hydrogen-bond acceptors (Lipinski definition) is 1. The summed E-state index contributed by atoms with van der Waals surface area (Å²) in [6.45, 7) is 4.33. The van der Waals surface area contributed by atoms with Crippen LogP contribution in [0.1, 0.15) is 32.3 Å². The van der Waals surface area contributed by atoms with Gasteiger partial charge >= 0.3 is 0 Å². The molecule has 0 saturated carbocycles. The molecule has 0 unspecified atom stereocenters. The number of hydrogen-bond donors (Lipinski definition) is 1. The van der Waals surface area contributed by atoms with Gasteiger partial charge in [0.2, 0.25) is 0 Å². The Labute approximate surface area is 80.4 Å². The quantitative estimate of drug-likeness (QED) is 0.748. The van der Waals surface area contributed by atoms with E-state index in [9.17, 15) is 0 Å². The maximum atomic E-state index is 9.07. The zero-order valence-corrected chi connectivity index (χ0v) is 8.38. The molecule has 0 saturated heterocycles. The number of phenolic OH excluding ortho intramolecular Hbond substituents is 1. The van der Waals surface area contributed by atoms with Gasteiger partial charge in [-0.3, -0.25) is 0 Å². The molecule has 13 heavy (non-hydrogen) atoms. The minimum atomic E-state index is 0.349. The molecule has 0 aromatic heterocycles. The van der Waals surface area contributed by atoms with Crippen molar-refractivity contribution in [3.05, 3.63) is 35.7 Å². The minimum absolute atomic E-state index is 0.349. The van der Waals surface area contributed by atoms with E-state index in [0.717, 1.165) is 6.42 Å². The van der Waals surface area contributed by atoms with Crippen molar-refractivity contribution in [1.82, 2.24) is 0 Å². The third kappa shape index (κ3) is 3.97. The van der Waals surface area contributed by atoms with Gasteiger partial charge in [0.15, 0.2) is 0 Å². The molecule has 0 bridgehead atoms. The van der Waals surface area contributed by atoms with Crippen LogP contribution in [-0.4, -0.2) is 5.11 Å². The first-order valence-electron chi connectivity index (χ1n) is 4.75. The van der Waals surface area contributed by atoms with Crippen LogP contribution in [0.3, 0.4) is 0 Å². The summed E-state index contributed by atoms with van der Waals surface area (Å²) >= 11 is 0. The fourth-order valence-electron chi connectivity index (χ4n) is 1.31. The Morgan fingerprint density at radius 3 is 2.31 bits per heavy atom. The highest BCUT2D eigenvalue weighted by Gasteiger charge is 1.96. The van der Waals surface area contributed by atoms with Crippen molar-refractivity contribution >= 4 is 0 Å². The van der Waals surface area contributed by atoms with Gasteiger partial charge in [-0.15, -0.1) is 0 Å². The minimum Gasteiger partial charge on any atom is -0.508 e. The van der Waals surface area contributed by atoms with Crippen LogP contribution in [0.2, 0.25) is 0 Å². The molecule has 1 radical (unpaired) electrons. The molecule has 1 rings (SSSR count). The molecule has 0 atom stereocenters. The van der Waals surface area contributed by atoms with Crippen LogP contribution in [0.5, 0.6) is 5.75 Å². The lowest BCUT2D eigenvalue weighted by atomic mass is 10.0. The zero-order chi connectivity index (χ0) is 9.68. The number of rotatable bonds is 4.